The molecule has 1 fully saturated rings. The summed E-state index contributed by atoms with van der Waals surface area (Å²) in [5, 5.41) is 3.40. The van der Waals surface area contributed by atoms with Crippen molar-refractivity contribution >= 4 is 17.0 Å². The average molecular weight is 258 g/mol. The third-order valence-electron chi connectivity index (χ3n) is 3.94. The Labute approximate surface area is 112 Å². The molecule has 2 aliphatic rings. The monoisotopic (exact) mass is 258 g/mol. The smallest absolute Gasteiger partial charge is 0.206 e. The third-order valence-corrected chi connectivity index (χ3v) is 3.94. The summed E-state index contributed by atoms with van der Waals surface area (Å²) in [7, 11) is 0. The molecular weight excluding hydrogens is 240 g/mol. The lowest BCUT2D eigenvalue weighted by Crippen LogP contribution is -2.41. The van der Waals surface area contributed by atoms with Gasteiger partial charge in [0.25, 0.3) is 0 Å². The number of ether oxygens (including phenoxy) is 1. The molecule has 0 unspecified atom stereocenters. The van der Waals surface area contributed by atoms with Crippen LogP contribution in [0.5, 0.6) is 0 Å². The van der Waals surface area contributed by atoms with Crippen LogP contribution in [0.15, 0.2) is 24.3 Å². The van der Waals surface area contributed by atoms with E-state index in [-0.39, 0.29) is 0 Å². The molecule has 1 aromatic carbocycles. The second-order valence-electron chi connectivity index (χ2n) is 5.32. The Balaban J connectivity index is 1.58. The predicted molar refractivity (Wildman–Crippen MR) is 73.9 cm³/mol. The summed E-state index contributed by atoms with van der Waals surface area (Å²) in [5.74, 6) is 0.977. The molecule has 5 nitrogen and oxygen atoms in total. The molecule has 2 aliphatic heterocycles. The minimum Gasteiger partial charge on any atom is -0.377 e. The molecule has 0 saturated carbocycles. The zero-order valence-corrected chi connectivity index (χ0v) is 10.9. The van der Waals surface area contributed by atoms with Crippen LogP contribution in [0.3, 0.4) is 0 Å². The summed E-state index contributed by atoms with van der Waals surface area (Å²) in [6, 6.07) is 8.29. The van der Waals surface area contributed by atoms with E-state index in [0.29, 0.717) is 6.10 Å². The summed E-state index contributed by atoms with van der Waals surface area (Å²) in [6.45, 7) is 3.66. The fourth-order valence-electron chi connectivity index (χ4n) is 2.98. The van der Waals surface area contributed by atoms with E-state index in [2.05, 4.69) is 38.0 Å². The quantitative estimate of drug-likeness (QED) is 0.893. The summed E-state index contributed by atoms with van der Waals surface area (Å²) >= 11 is 0. The number of rotatable bonds is 2. The maximum Gasteiger partial charge on any atom is 0.206 e. The average Bonchev–Trinajstić information content (AvgIpc) is 3.06. The first-order valence-corrected chi connectivity index (χ1v) is 6.93. The van der Waals surface area contributed by atoms with Crippen LogP contribution in [0, 0.1) is 0 Å². The second kappa shape index (κ2) is 4.51. The Morgan fingerprint density at radius 3 is 3.21 bits per heavy atom. The number of nitrogens with zero attached hydrogens (tertiary/aromatic N) is 3. The largest absolute Gasteiger partial charge is 0.377 e. The van der Waals surface area contributed by atoms with Gasteiger partial charge in [0.05, 0.1) is 30.5 Å². The number of para-hydroxylation sites is 2. The van der Waals surface area contributed by atoms with Crippen LogP contribution in [0.1, 0.15) is 12.8 Å². The van der Waals surface area contributed by atoms with Crippen molar-refractivity contribution in [3.8, 4) is 0 Å². The van der Waals surface area contributed by atoms with E-state index in [0.717, 1.165) is 38.0 Å². The number of benzene rings is 1. The highest BCUT2D eigenvalue weighted by molar-refractivity contribution is 5.78. The number of aromatic nitrogens is 2. The molecule has 1 N–H and O–H groups in total. The molecule has 5 heteroatoms. The highest BCUT2D eigenvalue weighted by atomic mass is 16.5. The van der Waals surface area contributed by atoms with E-state index in [9.17, 15) is 0 Å². The van der Waals surface area contributed by atoms with Crippen LogP contribution in [0.25, 0.3) is 11.0 Å². The van der Waals surface area contributed by atoms with Gasteiger partial charge in [-0.2, -0.15) is 0 Å². The molecule has 100 valence electrons. The molecule has 3 heterocycles. The number of fused-ring (bicyclic) bond motifs is 3. The van der Waals surface area contributed by atoms with Crippen molar-refractivity contribution in [1.29, 1.82) is 0 Å². The van der Waals surface area contributed by atoms with Gasteiger partial charge in [-0.3, -0.25) is 9.47 Å². The predicted octanol–water partition coefficient (Wildman–Crippen LogP) is 1.86. The Kier molecular flexibility index (Phi) is 2.67. The van der Waals surface area contributed by atoms with Gasteiger partial charge >= 0.3 is 0 Å². The highest BCUT2D eigenvalue weighted by Crippen LogP contribution is 2.23. The molecule has 19 heavy (non-hydrogen) atoms. The molecule has 0 radical (unpaired) electrons. The van der Waals surface area contributed by atoms with Crippen LogP contribution in [-0.4, -0.2) is 40.4 Å². The molecule has 0 bridgehead atoms. The SMILES string of the molecule is c1ccc2c(c1)nc1n2CN(C[C@@H]2CCCO2)CN1. The van der Waals surface area contributed by atoms with E-state index in [1.165, 1.54) is 18.4 Å². The Bertz CT molecular complexity index is 588. The lowest BCUT2D eigenvalue weighted by Gasteiger charge is -2.30. The van der Waals surface area contributed by atoms with Crippen molar-refractivity contribution in [3.05, 3.63) is 24.3 Å². The molecule has 1 atom stereocenters. The van der Waals surface area contributed by atoms with Crippen molar-refractivity contribution in [2.75, 3.05) is 25.1 Å². The molecular formula is C14H18N4O. The fourth-order valence-corrected chi connectivity index (χ4v) is 2.98. The van der Waals surface area contributed by atoms with E-state index in [1.54, 1.807) is 0 Å². The van der Waals surface area contributed by atoms with Crippen LogP contribution in [0.2, 0.25) is 0 Å². The first-order valence-electron chi connectivity index (χ1n) is 6.93. The number of hydrogen-bond acceptors (Lipinski definition) is 4. The summed E-state index contributed by atoms with van der Waals surface area (Å²) in [5.41, 5.74) is 2.26. The highest BCUT2D eigenvalue weighted by Gasteiger charge is 2.23. The van der Waals surface area contributed by atoms with E-state index < -0.39 is 0 Å². The lowest BCUT2D eigenvalue weighted by atomic mass is 10.2. The van der Waals surface area contributed by atoms with Crippen LogP contribution < -0.4 is 5.32 Å². The number of anilines is 1. The van der Waals surface area contributed by atoms with Crippen LogP contribution in [0.4, 0.5) is 5.95 Å². The maximum atomic E-state index is 5.72. The zero-order chi connectivity index (χ0) is 12.7. The van der Waals surface area contributed by atoms with Crippen molar-refractivity contribution in [2.45, 2.75) is 25.6 Å². The topological polar surface area (TPSA) is 42.3 Å². The van der Waals surface area contributed by atoms with E-state index in [4.69, 9.17) is 4.74 Å². The van der Waals surface area contributed by atoms with E-state index >= 15 is 0 Å². The van der Waals surface area contributed by atoms with Gasteiger partial charge in [0.15, 0.2) is 0 Å². The van der Waals surface area contributed by atoms with Gasteiger partial charge in [-0.05, 0) is 25.0 Å². The van der Waals surface area contributed by atoms with Gasteiger partial charge in [-0.25, -0.2) is 4.98 Å². The molecule has 0 aliphatic carbocycles. The Morgan fingerprint density at radius 1 is 1.37 bits per heavy atom. The Morgan fingerprint density at radius 2 is 2.32 bits per heavy atom. The molecule has 0 spiro atoms. The molecule has 2 aromatic rings. The van der Waals surface area contributed by atoms with Gasteiger partial charge in [0, 0.05) is 13.2 Å². The third kappa shape index (κ3) is 1.99. The lowest BCUT2D eigenvalue weighted by molar-refractivity contribution is 0.0631. The standard InChI is InChI=1S/C14H18N4O/c1-2-6-13-12(5-1)16-14-15-9-17(10-18(13)14)8-11-4-3-7-19-11/h1-2,5-6,11H,3-4,7-10H2,(H,15,16)/t11-/m0/s1. The number of hydrogen-bond donors (Lipinski definition) is 1. The fraction of sp³-hybridized carbons (Fsp3) is 0.500. The van der Waals surface area contributed by atoms with Gasteiger partial charge in [0.1, 0.15) is 0 Å². The minimum atomic E-state index is 0.401. The Hall–Kier alpha value is -1.59. The van der Waals surface area contributed by atoms with Crippen molar-refractivity contribution in [2.24, 2.45) is 0 Å². The van der Waals surface area contributed by atoms with Gasteiger partial charge in [-0.15, -0.1) is 0 Å². The molecule has 1 saturated heterocycles. The second-order valence-corrected chi connectivity index (χ2v) is 5.32. The molecule has 4 rings (SSSR count). The van der Waals surface area contributed by atoms with Gasteiger partial charge in [0.2, 0.25) is 5.95 Å². The minimum absolute atomic E-state index is 0.401. The van der Waals surface area contributed by atoms with Gasteiger partial charge in [-0.1, -0.05) is 12.1 Å². The van der Waals surface area contributed by atoms with Gasteiger partial charge < -0.3 is 10.1 Å². The summed E-state index contributed by atoms with van der Waals surface area (Å²) in [4.78, 5) is 7.00. The zero-order valence-electron chi connectivity index (χ0n) is 10.9. The normalized spacial score (nSPS) is 23.5. The molecule has 0 amide bonds. The summed E-state index contributed by atoms with van der Waals surface area (Å²) in [6.07, 6.45) is 2.79. The van der Waals surface area contributed by atoms with Crippen LogP contribution >= 0.6 is 0 Å². The van der Waals surface area contributed by atoms with E-state index in [1.807, 2.05) is 6.07 Å². The first kappa shape index (κ1) is 11.3. The van der Waals surface area contributed by atoms with Crippen molar-refractivity contribution in [3.63, 3.8) is 0 Å². The van der Waals surface area contributed by atoms with Crippen LogP contribution in [-0.2, 0) is 11.4 Å². The number of imidazole rings is 1. The summed E-state index contributed by atoms with van der Waals surface area (Å²) < 4.78 is 7.96. The molecule has 1 aromatic heterocycles. The van der Waals surface area contributed by atoms with Crippen molar-refractivity contribution in [1.82, 2.24) is 14.5 Å². The first-order chi connectivity index (χ1) is 9.40. The van der Waals surface area contributed by atoms with Crippen molar-refractivity contribution < 1.29 is 4.74 Å². The number of nitrogens with one attached hydrogen (secondary N) is 1. The maximum absolute atomic E-state index is 5.72.